The average molecular weight is 187 g/mol. The Morgan fingerprint density at radius 1 is 1.23 bits per heavy atom. The second-order valence-corrected chi connectivity index (χ2v) is 3.89. The van der Waals surface area contributed by atoms with E-state index >= 15 is 0 Å². The number of likely N-dealkylation sites (N-methyl/N-ethyl adjacent to an activating group) is 1. The van der Waals surface area contributed by atoms with E-state index in [0.717, 1.165) is 19.6 Å². The minimum atomic E-state index is 0.0302. The zero-order valence-electron chi connectivity index (χ0n) is 9.65. The molecule has 0 saturated heterocycles. The second kappa shape index (κ2) is 7.34. The minimum absolute atomic E-state index is 0.0302. The van der Waals surface area contributed by atoms with Gasteiger partial charge >= 0.3 is 0 Å². The Bertz CT molecular complexity index is 117. The molecule has 0 amide bonds. The fourth-order valence-electron chi connectivity index (χ4n) is 1.32. The zero-order valence-corrected chi connectivity index (χ0v) is 9.65. The lowest BCUT2D eigenvalue weighted by Crippen LogP contribution is -2.38. The number of hydrogen-bond acceptors (Lipinski definition) is 2. The molecule has 1 N–H and O–H groups in total. The van der Waals surface area contributed by atoms with Crippen LogP contribution in [0.1, 0.15) is 46.5 Å². The van der Waals surface area contributed by atoms with Crippen molar-refractivity contribution < 1.29 is 4.74 Å². The molecule has 0 spiro atoms. The number of ether oxygens (including phenoxy) is 1. The van der Waals surface area contributed by atoms with Gasteiger partial charge in [0.05, 0.1) is 5.60 Å². The average Bonchev–Trinajstić information content (AvgIpc) is 2.13. The molecule has 0 bridgehead atoms. The third-order valence-electron chi connectivity index (χ3n) is 2.50. The van der Waals surface area contributed by atoms with Crippen LogP contribution in [0.5, 0.6) is 0 Å². The highest BCUT2D eigenvalue weighted by molar-refractivity contribution is 4.75. The second-order valence-electron chi connectivity index (χ2n) is 3.89. The van der Waals surface area contributed by atoms with Gasteiger partial charge in [0.1, 0.15) is 0 Å². The van der Waals surface area contributed by atoms with E-state index in [2.05, 4.69) is 26.1 Å². The normalized spacial score (nSPS) is 15.7. The molecule has 13 heavy (non-hydrogen) atoms. The summed E-state index contributed by atoms with van der Waals surface area (Å²) in [7, 11) is 1.98. The highest BCUT2D eigenvalue weighted by atomic mass is 16.5. The third-order valence-corrected chi connectivity index (χ3v) is 2.50. The van der Waals surface area contributed by atoms with Crippen LogP contribution in [0.25, 0.3) is 0 Å². The summed E-state index contributed by atoms with van der Waals surface area (Å²) in [6.07, 6.45) is 4.80. The van der Waals surface area contributed by atoms with Gasteiger partial charge in [-0.15, -0.1) is 0 Å². The molecule has 0 aromatic carbocycles. The van der Waals surface area contributed by atoms with Crippen molar-refractivity contribution in [3.63, 3.8) is 0 Å². The van der Waals surface area contributed by atoms with E-state index in [0.29, 0.717) is 0 Å². The van der Waals surface area contributed by atoms with E-state index in [9.17, 15) is 0 Å². The minimum Gasteiger partial charge on any atom is -0.374 e. The fourth-order valence-corrected chi connectivity index (χ4v) is 1.32. The lowest BCUT2D eigenvalue weighted by atomic mass is 10.0. The first-order valence-corrected chi connectivity index (χ1v) is 5.47. The fraction of sp³-hybridized carbons (Fsp3) is 1.00. The number of hydrogen-bond donors (Lipinski definition) is 1. The first-order chi connectivity index (χ1) is 6.18. The first-order valence-electron chi connectivity index (χ1n) is 5.47. The van der Waals surface area contributed by atoms with Gasteiger partial charge in [-0.25, -0.2) is 0 Å². The lowest BCUT2D eigenvalue weighted by Gasteiger charge is -2.28. The molecule has 1 atom stereocenters. The smallest absolute Gasteiger partial charge is 0.0775 e. The molecule has 2 heteroatoms. The molecular formula is C11H25NO. The molecule has 0 aromatic heterocycles. The molecule has 0 rings (SSSR count). The molecule has 0 saturated carbocycles. The lowest BCUT2D eigenvalue weighted by molar-refractivity contribution is -0.0334. The maximum Gasteiger partial charge on any atom is 0.0775 e. The Balaban J connectivity index is 3.57. The van der Waals surface area contributed by atoms with Gasteiger partial charge in [-0.05, 0) is 26.8 Å². The largest absolute Gasteiger partial charge is 0.374 e. The van der Waals surface area contributed by atoms with Crippen LogP contribution in [0.15, 0.2) is 0 Å². The van der Waals surface area contributed by atoms with Crippen LogP contribution in [0.4, 0.5) is 0 Å². The predicted molar refractivity (Wildman–Crippen MR) is 58.1 cm³/mol. The van der Waals surface area contributed by atoms with E-state index in [1.165, 1.54) is 19.3 Å². The van der Waals surface area contributed by atoms with Crippen LogP contribution in [-0.4, -0.2) is 25.8 Å². The molecule has 0 aliphatic heterocycles. The summed E-state index contributed by atoms with van der Waals surface area (Å²) in [6.45, 7) is 8.41. The summed E-state index contributed by atoms with van der Waals surface area (Å²) in [4.78, 5) is 0. The Kier molecular flexibility index (Phi) is 7.29. The van der Waals surface area contributed by atoms with Gasteiger partial charge in [0.15, 0.2) is 0 Å². The zero-order chi connectivity index (χ0) is 10.2. The van der Waals surface area contributed by atoms with Crippen molar-refractivity contribution in [3.05, 3.63) is 0 Å². The van der Waals surface area contributed by atoms with Crippen LogP contribution in [-0.2, 0) is 4.74 Å². The Morgan fingerprint density at radius 3 is 2.38 bits per heavy atom. The molecule has 80 valence electrons. The van der Waals surface area contributed by atoms with Crippen LogP contribution < -0.4 is 5.32 Å². The van der Waals surface area contributed by atoms with Gasteiger partial charge < -0.3 is 10.1 Å². The van der Waals surface area contributed by atoms with Gasteiger partial charge in [0, 0.05) is 13.2 Å². The van der Waals surface area contributed by atoms with Crippen molar-refractivity contribution in [2.75, 3.05) is 20.2 Å². The molecule has 0 radical (unpaired) electrons. The summed E-state index contributed by atoms with van der Waals surface area (Å²) in [6, 6.07) is 0. The van der Waals surface area contributed by atoms with Crippen molar-refractivity contribution in [3.8, 4) is 0 Å². The van der Waals surface area contributed by atoms with Crippen LogP contribution in [0.3, 0.4) is 0 Å². The molecule has 0 heterocycles. The summed E-state index contributed by atoms with van der Waals surface area (Å²) in [5.41, 5.74) is 0.0302. The molecule has 2 nitrogen and oxygen atoms in total. The van der Waals surface area contributed by atoms with E-state index in [1.54, 1.807) is 0 Å². The first kappa shape index (κ1) is 12.9. The Hall–Kier alpha value is -0.0800. The summed E-state index contributed by atoms with van der Waals surface area (Å²) >= 11 is 0. The predicted octanol–water partition coefficient (Wildman–Crippen LogP) is 2.58. The standard InChI is InChI=1S/C11H25NO/c1-5-7-8-9-13-11(3,6-2)10-12-4/h12H,5-10H2,1-4H3. The van der Waals surface area contributed by atoms with Crippen LogP contribution >= 0.6 is 0 Å². The Labute approximate surface area is 83.1 Å². The number of nitrogens with one attached hydrogen (secondary N) is 1. The molecule has 0 aliphatic rings. The van der Waals surface area contributed by atoms with Crippen molar-refractivity contribution in [1.29, 1.82) is 0 Å². The molecule has 0 aliphatic carbocycles. The quantitative estimate of drug-likeness (QED) is 0.590. The van der Waals surface area contributed by atoms with Crippen LogP contribution in [0, 0.1) is 0 Å². The molecule has 0 aromatic rings. The van der Waals surface area contributed by atoms with Crippen molar-refractivity contribution >= 4 is 0 Å². The van der Waals surface area contributed by atoms with Gasteiger partial charge in [-0.2, -0.15) is 0 Å². The SMILES string of the molecule is CCCCCOC(C)(CC)CNC. The molecule has 1 unspecified atom stereocenters. The van der Waals surface area contributed by atoms with Crippen LogP contribution in [0.2, 0.25) is 0 Å². The third kappa shape index (κ3) is 6.05. The van der Waals surface area contributed by atoms with Gasteiger partial charge in [0.2, 0.25) is 0 Å². The van der Waals surface area contributed by atoms with Gasteiger partial charge in [-0.3, -0.25) is 0 Å². The van der Waals surface area contributed by atoms with E-state index < -0.39 is 0 Å². The maximum atomic E-state index is 5.86. The van der Waals surface area contributed by atoms with E-state index in [4.69, 9.17) is 4.74 Å². The summed E-state index contributed by atoms with van der Waals surface area (Å²) in [5, 5.41) is 3.18. The highest BCUT2D eigenvalue weighted by Crippen LogP contribution is 2.14. The number of rotatable bonds is 8. The summed E-state index contributed by atoms with van der Waals surface area (Å²) < 4.78 is 5.86. The van der Waals surface area contributed by atoms with Gasteiger partial charge in [-0.1, -0.05) is 26.7 Å². The summed E-state index contributed by atoms with van der Waals surface area (Å²) in [5.74, 6) is 0. The number of unbranched alkanes of at least 4 members (excludes halogenated alkanes) is 2. The van der Waals surface area contributed by atoms with E-state index in [1.807, 2.05) is 7.05 Å². The highest BCUT2D eigenvalue weighted by Gasteiger charge is 2.20. The van der Waals surface area contributed by atoms with Crippen molar-refractivity contribution in [2.45, 2.75) is 52.1 Å². The maximum absolute atomic E-state index is 5.86. The molecular weight excluding hydrogens is 162 g/mol. The van der Waals surface area contributed by atoms with Crippen molar-refractivity contribution in [1.82, 2.24) is 5.32 Å². The van der Waals surface area contributed by atoms with E-state index in [-0.39, 0.29) is 5.60 Å². The van der Waals surface area contributed by atoms with Gasteiger partial charge in [0.25, 0.3) is 0 Å². The monoisotopic (exact) mass is 187 g/mol. The topological polar surface area (TPSA) is 21.3 Å². The molecule has 0 fully saturated rings. The Morgan fingerprint density at radius 2 is 1.92 bits per heavy atom. The van der Waals surface area contributed by atoms with Crippen molar-refractivity contribution in [2.24, 2.45) is 0 Å².